The number of anilines is 1. The number of H-pyrrole nitrogens is 1. The molecule has 2 aromatic carbocycles. The highest BCUT2D eigenvalue weighted by Gasteiger charge is 2.15. The average Bonchev–Trinajstić information content (AvgIpc) is 2.64. The van der Waals surface area contributed by atoms with Crippen LogP contribution < -0.4 is 11.3 Å². The van der Waals surface area contributed by atoms with E-state index < -0.39 is 0 Å². The van der Waals surface area contributed by atoms with E-state index in [-0.39, 0.29) is 17.3 Å². The quantitative estimate of drug-likeness (QED) is 0.524. The molecule has 4 N–H and O–H groups in total. The van der Waals surface area contributed by atoms with Crippen molar-refractivity contribution in [2.75, 3.05) is 5.73 Å². The zero-order valence-corrected chi connectivity index (χ0v) is 13.1. The fourth-order valence-electron chi connectivity index (χ4n) is 2.78. The third-order valence-electron chi connectivity index (χ3n) is 4.00. The third kappa shape index (κ3) is 2.59. The second-order valence-corrected chi connectivity index (χ2v) is 5.60. The standard InChI is InChI=1S/C19H14N4O2/c20-17-19(25)23-16(15(22-17)11-4-2-1-3-5-11)13-6-7-14-12(10-13)8-9-21-18(14)24/h1-10H,(H2,20,22)(H,21,24)(H,23,25). The van der Waals surface area contributed by atoms with Gasteiger partial charge in [-0.3, -0.25) is 4.79 Å². The molecule has 6 heteroatoms. The van der Waals surface area contributed by atoms with Crippen LogP contribution in [-0.4, -0.2) is 20.1 Å². The maximum absolute atomic E-state index is 11.9. The first-order valence-electron chi connectivity index (χ1n) is 7.67. The van der Waals surface area contributed by atoms with Gasteiger partial charge in [0.1, 0.15) is 5.69 Å². The number of fused-ring (bicyclic) bond motifs is 1. The highest BCUT2D eigenvalue weighted by atomic mass is 16.3. The van der Waals surface area contributed by atoms with Crippen LogP contribution in [0.25, 0.3) is 33.3 Å². The Morgan fingerprint density at radius 2 is 1.68 bits per heavy atom. The number of hydrogen-bond acceptors (Lipinski definition) is 5. The Morgan fingerprint density at radius 3 is 2.48 bits per heavy atom. The van der Waals surface area contributed by atoms with E-state index in [4.69, 9.17) is 5.73 Å². The van der Waals surface area contributed by atoms with Crippen molar-refractivity contribution in [3.63, 3.8) is 0 Å². The maximum atomic E-state index is 11.9. The number of aromatic amines is 1. The van der Waals surface area contributed by atoms with E-state index in [0.717, 1.165) is 16.5 Å². The Labute approximate surface area is 142 Å². The molecular formula is C19H14N4O2. The highest BCUT2D eigenvalue weighted by molar-refractivity contribution is 5.89. The van der Waals surface area contributed by atoms with Gasteiger partial charge < -0.3 is 15.8 Å². The summed E-state index contributed by atoms with van der Waals surface area (Å²) in [7, 11) is 0. The van der Waals surface area contributed by atoms with Gasteiger partial charge in [-0.1, -0.05) is 36.4 Å². The first-order valence-corrected chi connectivity index (χ1v) is 7.67. The minimum Gasteiger partial charge on any atom is -0.491 e. The van der Waals surface area contributed by atoms with Crippen LogP contribution in [0.15, 0.2) is 65.6 Å². The SMILES string of the molecule is Nc1nc(-c2ccccc2)c(-c2ccc3c(=O)[nH]ccc3c2)nc1O. The van der Waals surface area contributed by atoms with Crippen molar-refractivity contribution in [1.29, 1.82) is 0 Å². The lowest BCUT2D eigenvalue weighted by atomic mass is 10.0. The van der Waals surface area contributed by atoms with Crippen molar-refractivity contribution >= 4 is 16.6 Å². The first kappa shape index (κ1) is 14.9. The molecule has 6 nitrogen and oxygen atoms in total. The monoisotopic (exact) mass is 330 g/mol. The van der Waals surface area contributed by atoms with E-state index in [2.05, 4.69) is 15.0 Å². The minimum atomic E-state index is -0.319. The number of nitrogens with zero attached hydrogens (tertiary/aromatic N) is 2. The van der Waals surface area contributed by atoms with Gasteiger partial charge in [-0.15, -0.1) is 0 Å². The van der Waals surface area contributed by atoms with Gasteiger partial charge in [0.25, 0.3) is 11.4 Å². The van der Waals surface area contributed by atoms with Crippen molar-refractivity contribution in [3.05, 3.63) is 71.1 Å². The lowest BCUT2D eigenvalue weighted by molar-refractivity contribution is 0.455. The molecule has 0 saturated heterocycles. The summed E-state index contributed by atoms with van der Waals surface area (Å²) in [6.07, 6.45) is 1.60. The first-order chi connectivity index (χ1) is 12.1. The molecule has 4 aromatic rings. The van der Waals surface area contributed by atoms with Crippen molar-refractivity contribution in [2.24, 2.45) is 0 Å². The molecule has 2 aromatic heterocycles. The fourth-order valence-corrected chi connectivity index (χ4v) is 2.78. The van der Waals surface area contributed by atoms with Gasteiger partial charge in [-0.25, -0.2) is 9.97 Å². The molecule has 122 valence electrons. The summed E-state index contributed by atoms with van der Waals surface area (Å²) in [6, 6.07) is 16.7. The molecule has 25 heavy (non-hydrogen) atoms. The molecular weight excluding hydrogens is 316 g/mol. The Balaban J connectivity index is 1.99. The van der Waals surface area contributed by atoms with E-state index in [9.17, 15) is 9.90 Å². The number of pyridine rings is 1. The fraction of sp³-hybridized carbons (Fsp3) is 0. The van der Waals surface area contributed by atoms with E-state index in [1.165, 1.54) is 0 Å². The number of hydrogen-bond donors (Lipinski definition) is 3. The summed E-state index contributed by atoms with van der Waals surface area (Å²) in [5.41, 5.74) is 8.23. The summed E-state index contributed by atoms with van der Waals surface area (Å²) in [4.78, 5) is 23.1. The van der Waals surface area contributed by atoms with E-state index in [1.807, 2.05) is 42.5 Å². The van der Waals surface area contributed by atoms with Gasteiger partial charge in [-0.2, -0.15) is 0 Å². The van der Waals surface area contributed by atoms with Crippen molar-refractivity contribution in [2.45, 2.75) is 0 Å². The lowest BCUT2D eigenvalue weighted by Crippen LogP contribution is -2.04. The smallest absolute Gasteiger partial charge is 0.255 e. The van der Waals surface area contributed by atoms with E-state index in [0.29, 0.717) is 16.8 Å². The molecule has 0 aliphatic carbocycles. The number of nitrogens with two attached hydrogens (primary N) is 1. The zero-order chi connectivity index (χ0) is 17.4. The third-order valence-corrected chi connectivity index (χ3v) is 4.00. The molecule has 0 unspecified atom stereocenters. The molecule has 0 radical (unpaired) electrons. The topological polar surface area (TPSA) is 105 Å². The minimum absolute atomic E-state index is 0.0279. The summed E-state index contributed by atoms with van der Waals surface area (Å²) in [5, 5.41) is 11.3. The number of aromatic hydroxyl groups is 1. The molecule has 0 saturated carbocycles. The largest absolute Gasteiger partial charge is 0.491 e. The Kier molecular flexibility index (Phi) is 3.43. The van der Waals surface area contributed by atoms with Crippen LogP contribution in [0.3, 0.4) is 0 Å². The van der Waals surface area contributed by atoms with Gasteiger partial charge in [0.05, 0.1) is 5.69 Å². The van der Waals surface area contributed by atoms with Crippen LogP contribution in [0.5, 0.6) is 5.88 Å². The molecule has 0 spiro atoms. The van der Waals surface area contributed by atoms with Crippen LogP contribution in [0.1, 0.15) is 0 Å². The predicted octanol–water partition coefficient (Wildman–Crippen LogP) is 2.94. The molecule has 0 aliphatic heterocycles. The van der Waals surface area contributed by atoms with Crippen molar-refractivity contribution in [3.8, 4) is 28.4 Å². The zero-order valence-electron chi connectivity index (χ0n) is 13.1. The summed E-state index contributed by atoms with van der Waals surface area (Å²) >= 11 is 0. The molecule has 0 aliphatic rings. The van der Waals surface area contributed by atoms with E-state index >= 15 is 0 Å². The number of aromatic nitrogens is 3. The summed E-state index contributed by atoms with van der Waals surface area (Å²) in [5.74, 6) is -0.347. The van der Waals surface area contributed by atoms with Gasteiger partial charge in [0, 0.05) is 22.7 Å². The average molecular weight is 330 g/mol. The normalized spacial score (nSPS) is 10.9. The van der Waals surface area contributed by atoms with Crippen LogP contribution in [-0.2, 0) is 0 Å². The predicted molar refractivity (Wildman–Crippen MR) is 97.1 cm³/mol. The van der Waals surface area contributed by atoms with E-state index in [1.54, 1.807) is 18.3 Å². The Hall–Kier alpha value is -3.67. The van der Waals surface area contributed by atoms with Crippen molar-refractivity contribution in [1.82, 2.24) is 15.0 Å². The molecule has 0 atom stereocenters. The molecule has 0 bridgehead atoms. The summed E-state index contributed by atoms with van der Waals surface area (Å²) in [6.45, 7) is 0. The van der Waals surface area contributed by atoms with Gasteiger partial charge in [0.2, 0.25) is 0 Å². The molecule has 4 rings (SSSR count). The number of nitrogen functional groups attached to an aromatic ring is 1. The second-order valence-electron chi connectivity index (χ2n) is 5.60. The van der Waals surface area contributed by atoms with Gasteiger partial charge in [-0.05, 0) is 23.6 Å². The number of nitrogens with one attached hydrogen (secondary N) is 1. The highest BCUT2D eigenvalue weighted by Crippen LogP contribution is 2.33. The lowest BCUT2D eigenvalue weighted by Gasteiger charge is -2.11. The maximum Gasteiger partial charge on any atom is 0.255 e. The van der Waals surface area contributed by atoms with Crippen LogP contribution in [0.4, 0.5) is 5.82 Å². The molecule has 0 amide bonds. The van der Waals surface area contributed by atoms with Crippen LogP contribution >= 0.6 is 0 Å². The Morgan fingerprint density at radius 1 is 0.920 bits per heavy atom. The molecule has 0 fully saturated rings. The Bertz CT molecular complexity index is 1140. The number of benzene rings is 2. The number of rotatable bonds is 2. The van der Waals surface area contributed by atoms with Gasteiger partial charge in [0.15, 0.2) is 5.82 Å². The molecule has 2 heterocycles. The van der Waals surface area contributed by atoms with Crippen molar-refractivity contribution < 1.29 is 5.11 Å². The second kappa shape index (κ2) is 5.76. The van der Waals surface area contributed by atoms with Gasteiger partial charge >= 0.3 is 0 Å². The van der Waals surface area contributed by atoms with Crippen LogP contribution in [0.2, 0.25) is 0 Å². The summed E-state index contributed by atoms with van der Waals surface area (Å²) < 4.78 is 0. The van der Waals surface area contributed by atoms with Crippen LogP contribution in [0, 0.1) is 0 Å².